The summed E-state index contributed by atoms with van der Waals surface area (Å²) in [6, 6.07) is 4.02. The Balaban J connectivity index is 1.55. The fraction of sp³-hybridized carbons (Fsp3) is 0.333. The molecule has 1 aliphatic heterocycles. The number of nitrogens with zero attached hydrogens (tertiary/aromatic N) is 5. The maximum absolute atomic E-state index is 14.3. The number of anilines is 1. The van der Waals surface area contributed by atoms with Crippen LogP contribution in [0.3, 0.4) is 0 Å². The van der Waals surface area contributed by atoms with E-state index >= 15 is 0 Å². The monoisotopic (exact) mass is 495 g/mol. The number of fused-ring (bicyclic) bond motifs is 1. The summed E-state index contributed by atoms with van der Waals surface area (Å²) in [4.78, 5) is 19.2. The van der Waals surface area contributed by atoms with Crippen LogP contribution in [0.4, 0.5) is 14.5 Å². The summed E-state index contributed by atoms with van der Waals surface area (Å²) < 4.78 is 55.9. The van der Waals surface area contributed by atoms with Crippen molar-refractivity contribution in [1.82, 2.24) is 19.9 Å². The third-order valence-electron chi connectivity index (χ3n) is 5.27. The molecule has 1 aromatic carbocycles. The summed E-state index contributed by atoms with van der Waals surface area (Å²) in [6.07, 6.45) is 5.55. The first-order valence-electron chi connectivity index (χ1n) is 10.2. The quantitative estimate of drug-likeness (QED) is 0.361. The average molecular weight is 496 g/mol. The zero-order chi connectivity index (χ0) is 23.6. The molecule has 174 valence electrons. The summed E-state index contributed by atoms with van der Waals surface area (Å²) >= 11 is 0. The Kier molecular flexibility index (Phi) is 6.71. The first-order valence-corrected chi connectivity index (χ1v) is 12.6. The highest BCUT2D eigenvalue weighted by atomic mass is 35.7. The Morgan fingerprint density at radius 1 is 1.18 bits per heavy atom. The van der Waals surface area contributed by atoms with Crippen molar-refractivity contribution in [2.24, 2.45) is 0 Å². The van der Waals surface area contributed by atoms with Crippen molar-refractivity contribution in [3.05, 3.63) is 59.7 Å². The van der Waals surface area contributed by atoms with E-state index in [0.717, 1.165) is 17.3 Å². The van der Waals surface area contributed by atoms with Gasteiger partial charge in [-0.1, -0.05) is 0 Å². The Labute approximate surface area is 194 Å². The van der Waals surface area contributed by atoms with Gasteiger partial charge in [-0.2, -0.15) is 4.39 Å². The summed E-state index contributed by atoms with van der Waals surface area (Å²) in [5.41, 5.74) is 2.14. The standard InChI is InChI=1S/C21H20ClF2N5O3S/c1-13-15-12-27-21(20-25-5-2-6-26-20)28-17(15)4-7-29(13)14-10-16(23)19(24)18(11-14)32-8-3-9-33(22,30)31/h2,5-6,10-13H,3-4,7-9H2,1H3. The van der Waals surface area contributed by atoms with E-state index in [9.17, 15) is 17.2 Å². The SMILES string of the molecule is CC1c2cnc(-c3ncccn3)nc2CCN1c1cc(F)c(F)c(OCCCS(=O)(=O)Cl)c1. The van der Waals surface area contributed by atoms with E-state index in [-0.39, 0.29) is 30.6 Å². The fourth-order valence-electron chi connectivity index (χ4n) is 3.67. The van der Waals surface area contributed by atoms with Crippen LogP contribution in [0.1, 0.15) is 30.6 Å². The third kappa shape index (κ3) is 5.36. The number of hydrogen-bond acceptors (Lipinski definition) is 8. The van der Waals surface area contributed by atoms with E-state index < -0.39 is 20.7 Å². The van der Waals surface area contributed by atoms with E-state index in [2.05, 4.69) is 19.9 Å². The topological polar surface area (TPSA) is 98.2 Å². The average Bonchev–Trinajstić information content (AvgIpc) is 2.79. The number of aromatic nitrogens is 4. The molecule has 0 N–H and O–H groups in total. The molecule has 1 atom stereocenters. The fourth-order valence-corrected chi connectivity index (χ4v) is 4.46. The van der Waals surface area contributed by atoms with E-state index in [0.29, 0.717) is 30.3 Å². The maximum Gasteiger partial charge on any atom is 0.232 e. The molecule has 8 nitrogen and oxygen atoms in total. The van der Waals surface area contributed by atoms with Crippen molar-refractivity contribution in [2.75, 3.05) is 23.8 Å². The summed E-state index contributed by atoms with van der Waals surface area (Å²) in [6.45, 7) is 2.31. The van der Waals surface area contributed by atoms with E-state index in [1.165, 1.54) is 6.07 Å². The van der Waals surface area contributed by atoms with Crippen LogP contribution in [0.5, 0.6) is 5.75 Å². The van der Waals surface area contributed by atoms with Crippen molar-refractivity contribution in [3.8, 4) is 17.4 Å². The molecule has 1 unspecified atom stereocenters. The van der Waals surface area contributed by atoms with Crippen LogP contribution in [0.15, 0.2) is 36.8 Å². The second-order valence-corrected chi connectivity index (χ2v) is 10.4. The van der Waals surface area contributed by atoms with Crippen LogP contribution in [0.2, 0.25) is 0 Å². The van der Waals surface area contributed by atoms with Crippen LogP contribution in [0.25, 0.3) is 11.6 Å². The molecule has 0 aliphatic carbocycles. The van der Waals surface area contributed by atoms with Gasteiger partial charge in [0.25, 0.3) is 0 Å². The van der Waals surface area contributed by atoms with E-state index in [1.807, 2.05) is 11.8 Å². The largest absolute Gasteiger partial charge is 0.490 e. The number of halogens is 3. The van der Waals surface area contributed by atoms with Gasteiger partial charge < -0.3 is 9.64 Å². The molecule has 0 radical (unpaired) electrons. The second-order valence-electron chi connectivity index (χ2n) is 7.47. The number of ether oxygens (including phenoxy) is 1. The lowest BCUT2D eigenvalue weighted by molar-refractivity contribution is 0.295. The van der Waals surface area contributed by atoms with Gasteiger partial charge in [0.05, 0.1) is 24.1 Å². The van der Waals surface area contributed by atoms with Gasteiger partial charge in [0.1, 0.15) is 0 Å². The molecular weight excluding hydrogens is 476 g/mol. The molecule has 2 aromatic heterocycles. The minimum atomic E-state index is -3.68. The van der Waals surface area contributed by atoms with Crippen molar-refractivity contribution in [3.63, 3.8) is 0 Å². The van der Waals surface area contributed by atoms with Gasteiger partial charge in [0, 0.05) is 65.6 Å². The van der Waals surface area contributed by atoms with Gasteiger partial charge in [-0.05, 0) is 19.4 Å². The number of benzene rings is 1. The molecule has 3 aromatic rings. The highest BCUT2D eigenvalue weighted by Gasteiger charge is 2.28. The predicted molar refractivity (Wildman–Crippen MR) is 119 cm³/mol. The lowest BCUT2D eigenvalue weighted by atomic mass is 9.98. The molecule has 0 saturated heterocycles. The van der Waals surface area contributed by atoms with Gasteiger partial charge in [0.15, 0.2) is 23.2 Å². The molecule has 0 spiro atoms. The summed E-state index contributed by atoms with van der Waals surface area (Å²) in [5.74, 6) is -1.94. The van der Waals surface area contributed by atoms with Gasteiger partial charge in [-0.25, -0.2) is 32.7 Å². The number of hydrogen-bond donors (Lipinski definition) is 0. The molecule has 0 bridgehead atoms. The highest BCUT2D eigenvalue weighted by molar-refractivity contribution is 8.13. The van der Waals surface area contributed by atoms with Crippen molar-refractivity contribution in [2.45, 2.75) is 25.8 Å². The van der Waals surface area contributed by atoms with E-state index in [4.69, 9.17) is 15.4 Å². The van der Waals surface area contributed by atoms with Crippen molar-refractivity contribution < 1.29 is 21.9 Å². The first kappa shape index (κ1) is 23.2. The number of rotatable bonds is 7. The van der Waals surface area contributed by atoms with Gasteiger partial charge in [-0.3, -0.25) is 0 Å². The molecule has 1 aliphatic rings. The Morgan fingerprint density at radius 3 is 2.67 bits per heavy atom. The predicted octanol–water partition coefficient (Wildman–Crippen LogP) is 3.67. The first-order chi connectivity index (χ1) is 15.7. The third-order valence-corrected chi connectivity index (χ3v) is 6.51. The van der Waals surface area contributed by atoms with Crippen LogP contribution in [-0.2, 0) is 15.5 Å². The van der Waals surface area contributed by atoms with Gasteiger partial charge in [0.2, 0.25) is 14.9 Å². The molecule has 4 rings (SSSR count). The molecule has 3 heterocycles. The summed E-state index contributed by atoms with van der Waals surface area (Å²) in [7, 11) is 1.48. The lowest BCUT2D eigenvalue weighted by Crippen LogP contribution is -2.35. The van der Waals surface area contributed by atoms with Gasteiger partial charge in [-0.15, -0.1) is 0 Å². The minimum Gasteiger partial charge on any atom is -0.490 e. The Bertz CT molecular complexity index is 1260. The summed E-state index contributed by atoms with van der Waals surface area (Å²) in [5, 5.41) is 0. The second kappa shape index (κ2) is 9.52. The molecule has 0 amide bonds. The van der Waals surface area contributed by atoms with E-state index in [1.54, 1.807) is 24.7 Å². The Morgan fingerprint density at radius 2 is 1.94 bits per heavy atom. The molecule has 0 fully saturated rings. The molecule has 33 heavy (non-hydrogen) atoms. The van der Waals surface area contributed by atoms with Crippen LogP contribution < -0.4 is 9.64 Å². The highest BCUT2D eigenvalue weighted by Crippen LogP contribution is 2.36. The lowest BCUT2D eigenvalue weighted by Gasteiger charge is -2.36. The van der Waals surface area contributed by atoms with Crippen molar-refractivity contribution >= 4 is 25.4 Å². The zero-order valence-corrected chi connectivity index (χ0v) is 19.2. The Hall–Kier alpha value is -2.92. The maximum atomic E-state index is 14.3. The van der Waals surface area contributed by atoms with Crippen molar-refractivity contribution in [1.29, 1.82) is 0 Å². The zero-order valence-electron chi connectivity index (χ0n) is 17.6. The molecule has 0 saturated carbocycles. The molecular formula is C21H20ClF2N5O3S. The smallest absolute Gasteiger partial charge is 0.232 e. The van der Waals surface area contributed by atoms with Crippen LogP contribution >= 0.6 is 10.7 Å². The molecule has 12 heteroatoms. The minimum absolute atomic E-state index is 0.0510. The van der Waals surface area contributed by atoms with Crippen LogP contribution in [0, 0.1) is 11.6 Å². The normalized spacial score (nSPS) is 15.9. The van der Waals surface area contributed by atoms with Gasteiger partial charge >= 0.3 is 0 Å². The van der Waals surface area contributed by atoms with Crippen LogP contribution in [-0.4, -0.2) is 47.3 Å².